The molecule has 0 amide bonds. The van der Waals surface area contributed by atoms with Crippen molar-refractivity contribution in [3.8, 4) is 5.75 Å². The maximum Gasteiger partial charge on any atom is 0.138 e. The SMILES string of the molecule is O[C@@H]1CN(Cc2cscn2)C[C@H]1Oc1ccccc1. The third-order valence-electron chi connectivity index (χ3n) is 3.21. The summed E-state index contributed by atoms with van der Waals surface area (Å²) in [7, 11) is 0. The first-order valence-corrected chi connectivity index (χ1v) is 7.25. The van der Waals surface area contributed by atoms with Crippen molar-refractivity contribution in [3.05, 3.63) is 46.9 Å². The Morgan fingerprint density at radius 3 is 2.89 bits per heavy atom. The zero-order chi connectivity index (χ0) is 13.1. The van der Waals surface area contributed by atoms with Gasteiger partial charge in [-0.3, -0.25) is 4.90 Å². The summed E-state index contributed by atoms with van der Waals surface area (Å²) in [6, 6.07) is 9.64. The number of aromatic nitrogens is 1. The molecule has 1 aromatic carbocycles. The fourth-order valence-electron chi connectivity index (χ4n) is 2.30. The van der Waals surface area contributed by atoms with Gasteiger partial charge in [0.1, 0.15) is 18.0 Å². The maximum absolute atomic E-state index is 10.1. The molecule has 4 nitrogen and oxygen atoms in total. The van der Waals surface area contributed by atoms with Crippen molar-refractivity contribution in [1.29, 1.82) is 0 Å². The number of benzene rings is 1. The van der Waals surface area contributed by atoms with Gasteiger partial charge < -0.3 is 9.84 Å². The molecule has 2 heterocycles. The van der Waals surface area contributed by atoms with Gasteiger partial charge in [0, 0.05) is 25.0 Å². The van der Waals surface area contributed by atoms with Crippen molar-refractivity contribution in [2.24, 2.45) is 0 Å². The lowest BCUT2D eigenvalue weighted by Crippen LogP contribution is -2.29. The van der Waals surface area contributed by atoms with Gasteiger partial charge in [0.2, 0.25) is 0 Å². The van der Waals surface area contributed by atoms with Crippen LogP contribution in [0.15, 0.2) is 41.2 Å². The van der Waals surface area contributed by atoms with Crippen LogP contribution in [0.2, 0.25) is 0 Å². The van der Waals surface area contributed by atoms with Gasteiger partial charge in [-0.25, -0.2) is 4.98 Å². The molecule has 0 bridgehead atoms. The molecule has 5 heteroatoms. The first-order chi connectivity index (χ1) is 9.31. The van der Waals surface area contributed by atoms with E-state index in [1.54, 1.807) is 11.3 Å². The molecule has 100 valence electrons. The minimum atomic E-state index is -0.446. The van der Waals surface area contributed by atoms with Gasteiger partial charge >= 0.3 is 0 Å². The predicted molar refractivity (Wildman–Crippen MR) is 74.3 cm³/mol. The summed E-state index contributed by atoms with van der Waals surface area (Å²) >= 11 is 1.60. The number of hydrogen-bond donors (Lipinski definition) is 1. The van der Waals surface area contributed by atoms with Gasteiger partial charge in [0.25, 0.3) is 0 Å². The Morgan fingerprint density at radius 1 is 1.32 bits per heavy atom. The van der Waals surface area contributed by atoms with Crippen LogP contribution in [0.4, 0.5) is 0 Å². The van der Waals surface area contributed by atoms with Gasteiger partial charge in [-0.2, -0.15) is 0 Å². The number of hydrogen-bond acceptors (Lipinski definition) is 5. The highest BCUT2D eigenvalue weighted by atomic mass is 32.1. The molecule has 3 rings (SSSR count). The van der Waals surface area contributed by atoms with E-state index in [2.05, 4.69) is 9.88 Å². The van der Waals surface area contributed by atoms with Crippen LogP contribution in [0.3, 0.4) is 0 Å². The lowest BCUT2D eigenvalue weighted by Gasteiger charge is -2.16. The van der Waals surface area contributed by atoms with Crippen molar-refractivity contribution >= 4 is 11.3 Å². The topological polar surface area (TPSA) is 45.6 Å². The molecule has 0 unspecified atom stereocenters. The lowest BCUT2D eigenvalue weighted by atomic mass is 10.2. The average molecular weight is 276 g/mol. The van der Waals surface area contributed by atoms with Crippen LogP contribution < -0.4 is 4.74 Å². The third-order valence-corrected chi connectivity index (χ3v) is 3.85. The lowest BCUT2D eigenvalue weighted by molar-refractivity contribution is 0.0737. The van der Waals surface area contributed by atoms with Crippen molar-refractivity contribution in [3.63, 3.8) is 0 Å². The summed E-state index contributed by atoms with van der Waals surface area (Å²) in [5.41, 5.74) is 2.89. The Balaban J connectivity index is 1.59. The molecule has 1 aliphatic heterocycles. The molecule has 2 aromatic rings. The molecule has 1 saturated heterocycles. The quantitative estimate of drug-likeness (QED) is 0.924. The van der Waals surface area contributed by atoms with Crippen LogP contribution in [-0.2, 0) is 6.54 Å². The fourth-order valence-corrected chi connectivity index (χ4v) is 2.85. The zero-order valence-corrected chi connectivity index (χ0v) is 11.3. The molecule has 0 radical (unpaired) electrons. The summed E-state index contributed by atoms with van der Waals surface area (Å²) in [5.74, 6) is 0.807. The van der Waals surface area contributed by atoms with Gasteiger partial charge in [0.05, 0.1) is 11.2 Å². The zero-order valence-electron chi connectivity index (χ0n) is 10.5. The van der Waals surface area contributed by atoms with Gasteiger partial charge in [-0.05, 0) is 12.1 Å². The monoisotopic (exact) mass is 276 g/mol. The van der Waals surface area contributed by atoms with Crippen LogP contribution in [0.25, 0.3) is 0 Å². The Kier molecular flexibility index (Phi) is 3.77. The highest BCUT2D eigenvalue weighted by molar-refractivity contribution is 7.07. The van der Waals surface area contributed by atoms with Crippen LogP contribution in [0.1, 0.15) is 5.69 Å². The summed E-state index contributed by atoms with van der Waals surface area (Å²) in [6.07, 6.45) is -0.611. The minimum absolute atomic E-state index is 0.166. The van der Waals surface area contributed by atoms with Crippen LogP contribution >= 0.6 is 11.3 Å². The molecule has 0 saturated carbocycles. The van der Waals surface area contributed by atoms with Gasteiger partial charge in [-0.1, -0.05) is 18.2 Å². The second-order valence-corrected chi connectivity index (χ2v) is 5.43. The fraction of sp³-hybridized carbons (Fsp3) is 0.357. The van der Waals surface area contributed by atoms with E-state index in [1.165, 1.54) is 0 Å². The first kappa shape index (κ1) is 12.6. The number of aliphatic hydroxyl groups excluding tert-OH is 1. The number of ether oxygens (including phenoxy) is 1. The van der Waals surface area contributed by atoms with E-state index in [9.17, 15) is 5.11 Å². The second kappa shape index (κ2) is 5.69. The standard InChI is InChI=1S/C14H16N2O2S/c17-13-7-16(6-11-9-19-10-15-11)8-14(13)18-12-4-2-1-3-5-12/h1-5,9-10,13-14,17H,6-8H2/t13-,14-/m1/s1. The third kappa shape index (κ3) is 3.12. The summed E-state index contributed by atoms with van der Waals surface area (Å²) in [4.78, 5) is 6.44. The molecule has 0 aliphatic carbocycles. The normalized spacial score (nSPS) is 23.6. The number of likely N-dealkylation sites (tertiary alicyclic amines) is 1. The van der Waals surface area contributed by atoms with E-state index in [-0.39, 0.29) is 6.10 Å². The molecule has 1 N–H and O–H groups in total. The molecule has 0 spiro atoms. The number of nitrogens with zero attached hydrogens (tertiary/aromatic N) is 2. The van der Waals surface area contributed by atoms with Crippen molar-refractivity contribution < 1.29 is 9.84 Å². The largest absolute Gasteiger partial charge is 0.486 e. The van der Waals surface area contributed by atoms with Crippen molar-refractivity contribution in [2.45, 2.75) is 18.8 Å². The minimum Gasteiger partial charge on any atom is -0.486 e. The molecule has 1 aromatic heterocycles. The Labute approximate surface area is 116 Å². The number of rotatable bonds is 4. The number of para-hydroxylation sites is 1. The number of thiazole rings is 1. The van der Waals surface area contributed by atoms with Gasteiger partial charge in [0.15, 0.2) is 0 Å². The van der Waals surface area contributed by atoms with Crippen LogP contribution in [0.5, 0.6) is 5.75 Å². The van der Waals surface area contributed by atoms with E-state index < -0.39 is 6.10 Å². The Bertz CT molecular complexity index is 503. The molecule has 2 atom stereocenters. The summed E-state index contributed by atoms with van der Waals surface area (Å²) in [5, 5.41) is 12.1. The molecule has 1 aliphatic rings. The molecule has 1 fully saturated rings. The number of aliphatic hydroxyl groups is 1. The van der Waals surface area contributed by atoms with E-state index >= 15 is 0 Å². The Hall–Kier alpha value is -1.43. The average Bonchev–Trinajstić information content (AvgIpc) is 3.02. The second-order valence-electron chi connectivity index (χ2n) is 4.71. The van der Waals surface area contributed by atoms with Crippen molar-refractivity contribution in [2.75, 3.05) is 13.1 Å². The van der Waals surface area contributed by atoms with E-state index in [0.29, 0.717) is 6.54 Å². The first-order valence-electron chi connectivity index (χ1n) is 6.30. The van der Waals surface area contributed by atoms with Crippen molar-refractivity contribution in [1.82, 2.24) is 9.88 Å². The van der Waals surface area contributed by atoms with E-state index in [1.807, 2.05) is 41.2 Å². The highest BCUT2D eigenvalue weighted by Crippen LogP contribution is 2.20. The maximum atomic E-state index is 10.1. The smallest absolute Gasteiger partial charge is 0.138 e. The molecular weight excluding hydrogens is 260 g/mol. The predicted octanol–water partition coefficient (Wildman–Crippen LogP) is 1.77. The molecular formula is C14H16N2O2S. The Morgan fingerprint density at radius 2 is 2.16 bits per heavy atom. The summed E-state index contributed by atoms with van der Waals surface area (Å²) < 4.78 is 5.83. The van der Waals surface area contributed by atoms with E-state index in [0.717, 1.165) is 24.5 Å². The molecule has 19 heavy (non-hydrogen) atoms. The van der Waals surface area contributed by atoms with Gasteiger partial charge in [-0.15, -0.1) is 11.3 Å². The van der Waals surface area contributed by atoms with Crippen LogP contribution in [-0.4, -0.2) is 40.3 Å². The highest BCUT2D eigenvalue weighted by Gasteiger charge is 2.33. The van der Waals surface area contributed by atoms with Crippen LogP contribution in [0, 0.1) is 0 Å². The summed E-state index contributed by atoms with van der Waals surface area (Å²) in [6.45, 7) is 2.14. The van der Waals surface area contributed by atoms with E-state index in [4.69, 9.17) is 4.74 Å². The number of β-amino-alcohol motifs (C(OH)–C–C–N with tert-alkyl or cyclic N) is 1.